The molecule has 0 aliphatic heterocycles. The first-order valence-corrected chi connectivity index (χ1v) is 8.45. The zero-order valence-corrected chi connectivity index (χ0v) is 15.2. The lowest BCUT2D eigenvalue weighted by Gasteiger charge is -2.17. The minimum Gasteiger partial charge on any atom is -0.330 e. The molecule has 3 aromatic rings. The van der Waals surface area contributed by atoms with E-state index in [0.717, 1.165) is 25.7 Å². The number of halogens is 2. The summed E-state index contributed by atoms with van der Waals surface area (Å²) >= 11 is 0. The Bertz CT molecular complexity index is 902. The van der Waals surface area contributed by atoms with E-state index in [9.17, 15) is 4.39 Å². The average Bonchev–Trinajstić information content (AvgIpc) is 3.34. The third kappa shape index (κ3) is 3.10. The van der Waals surface area contributed by atoms with E-state index >= 15 is 0 Å². The van der Waals surface area contributed by atoms with Crippen LogP contribution in [0.3, 0.4) is 0 Å². The predicted octanol–water partition coefficient (Wildman–Crippen LogP) is 3.17. The molecule has 0 radical (unpaired) electrons. The fourth-order valence-electron chi connectivity index (χ4n) is 3.23. The van der Waals surface area contributed by atoms with Gasteiger partial charge in [0.2, 0.25) is 5.82 Å². The zero-order chi connectivity index (χ0) is 17.4. The molecule has 2 heterocycles. The first-order valence-electron chi connectivity index (χ1n) is 8.45. The number of aryl methyl sites for hydroxylation is 1. The lowest BCUT2D eigenvalue weighted by Crippen LogP contribution is -2.34. The summed E-state index contributed by atoms with van der Waals surface area (Å²) in [6, 6.07) is 6.43. The Morgan fingerprint density at radius 1 is 1.23 bits per heavy atom. The average molecular weight is 379 g/mol. The fourth-order valence-corrected chi connectivity index (χ4v) is 3.23. The molecule has 7 nitrogen and oxygen atoms in total. The van der Waals surface area contributed by atoms with Crippen LogP contribution in [0.15, 0.2) is 28.8 Å². The fraction of sp³-hybridized carbons (Fsp3) is 0.412. The molecule has 0 amide bonds. The molecule has 9 heteroatoms. The maximum atomic E-state index is 14.1. The number of rotatable bonds is 4. The molecule has 26 heavy (non-hydrogen) atoms. The Hall–Kier alpha value is -2.32. The first kappa shape index (κ1) is 18.5. The first-order chi connectivity index (χ1) is 12.1. The summed E-state index contributed by atoms with van der Waals surface area (Å²) in [7, 11) is 0. The van der Waals surface area contributed by atoms with Crippen LogP contribution in [0.25, 0.3) is 17.4 Å². The highest BCUT2D eigenvalue weighted by atomic mass is 35.5. The van der Waals surface area contributed by atoms with Crippen LogP contribution in [-0.2, 0) is 12.0 Å². The van der Waals surface area contributed by atoms with Gasteiger partial charge < -0.3 is 10.3 Å². The molecule has 0 saturated heterocycles. The summed E-state index contributed by atoms with van der Waals surface area (Å²) in [6.45, 7) is 1.93. The lowest BCUT2D eigenvalue weighted by molar-refractivity contribution is 0.372. The van der Waals surface area contributed by atoms with Crippen LogP contribution in [0.4, 0.5) is 4.39 Å². The minimum atomic E-state index is -0.538. The lowest BCUT2D eigenvalue weighted by atomic mass is 9.99. The van der Waals surface area contributed by atoms with E-state index in [-0.39, 0.29) is 29.9 Å². The van der Waals surface area contributed by atoms with Crippen LogP contribution >= 0.6 is 12.4 Å². The second-order valence-corrected chi connectivity index (χ2v) is 6.35. The van der Waals surface area contributed by atoms with Crippen molar-refractivity contribution in [3.63, 3.8) is 0 Å². The Kier molecular flexibility index (Phi) is 5.06. The Morgan fingerprint density at radius 2 is 1.96 bits per heavy atom. The summed E-state index contributed by atoms with van der Waals surface area (Å²) in [5.74, 6) is 1.21. The molecular weight excluding hydrogens is 359 g/mol. The summed E-state index contributed by atoms with van der Waals surface area (Å²) < 4.78 is 20.9. The van der Waals surface area contributed by atoms with Gasteiger partial charge in [0.25, 0.3) is 5.89 Å². The van der Waals surface area contributed by atoms with Crippen molar-refractivity contribution in [1.29, 1.82) is 0 Å². The van der Waals surface area contributed by atoms with Crippen molar-refractivity contribution in [1.82, 2.24) is 24.9 Å². The number of hydrogen-bond acceptors (Lipinski definition) is 6. The van der Waals surface area contributed by atoms with E-state index in [1.807, 2.05) is 6.92 Å². The maximum absolute atomic E-state index is 14.1. The monoisotopic (exact) mass is 378 g/mol. The van der Waals surface area contributed by atoms with Crippen LogP contribution in [0, 0.1) is 5.82 Å². The van der Waals surface area contributed by atoms with Gasteiger partial charge in [0.1, 0.15) is 17.3 Å². The van der Waals surface area contributed by atoms with Crippen LogP contribution < -0.4 is 5.73 Å². The van der Waals surface area contributed by atoms with Crippen molar-refractivity contribution >= 4 is 12.4 Å². The van der Waals surface area contributed by atoms with Gasteiger partial charge in [0, 0.05) is 6.42 Å². The van der Waals surface area contributed by atoms with Crippen molar-refractivity contribution in [2.24, 2.45) is 5.73 Å². The Labute approximate surface area is 156 Å². The van der Waals surface area contributed by atoms with Crippen LogP contribution in [0.1, 0.15) is 44.3 Å². The highest BCUT2D eigenvalue weighted by Crippen LogP contribution is 2.35. The Balaban J connectivity index is 0.00000196. The molecule has 1 aromatic carbocycles. The molecule has 2 N–H and O–H groups in total. The summed E-state index contributed by atoms with van der Waals surface area (Å²) in [5, 5.41) is 8.40. The topological polar surface area (TPSA) is 95.7 Å². The summed E-state index contributed by atoms with van der Waals surface area (Å²) in [4.78, 5) is 8.83. The van der Waals surface area contributed by atoms with Gasteiger partial charge in [0.15, 0.2) is 5.82 Å². The van der Waals surface area contributed by atoms with Crippen molar-refractivity contribution in [3.8, 4) is 17.4 Å². The van der Waals surface area contributed by atoms with Crippen molar-refractivity contribution < 1.29 is 8.91 Å². The molecule has 4 rings (SSSR count). The number of aromatic nitrogens is 5. The van der Waals surface area contributed by atoms with Gasteiger partial charge in [-0.1, -0.05) is 37.1 Å². The van der Waals surface area contributed by atoms with Gasteiger partial charge in [0.05, 0.1) is 5.54 Å². The zero-order valence-electron chi connectivity index (χ0n) is 14.4. The third-order valence-electron chi connectivity index (χ3n) is 4.63. The van der Waals surface area contributed by atoms with Gasteiger partial charge in [-0.3, -0.25) is 0 Å². The number of para-hydroxylation sites is 1. The second-order valence-electron chi connectivity index (χ2n) is 6.35. The number of nitrogens with zero attached hydrogens (tertiary/aromatic N) is 5. The summed E-state index contributed by atoms with van der Waals surface area (Å²) in [5.41, 5.74) is 6.16. The molecule has 1 aliphatic rings. The Morgan fingerprint density at radius 3 is 2.65 bits per heavy atom. The second kappa shape index (κ2) is 7.13. The van der Waals surface area contributed by atoms with E-state index in [1.54, 1.807) is 18.2 Å². The van der Waals surface area contributed by atoms with E-state index in [2.05, 4.69) is 20.2 Å². The third-order valence-corrected chi connectivity index (χ3v) is 4.63. The van der Waals surface area contributed by atoms with E-state index < -0.39 is 5.54 Å². The highest BCUT2D eigenvalue weighted by Gasteiger charge is 2.36. The molecule has 1 aliphatic carbocycles. The number of nitrogens with two attached hydrogens (primary N) is 1. The summed E-state index contributed by atoms with van der Waals surface area (Å²) in [6.07, 6.45) is 4.37. The molecule has 1 fully saturated rings. The van der Waals surface area contributed by atoms with Gasteiger partial charge in [-0.25, -0.2) is 14.1 Å². The van der Waals surface area contributed by atoms with Gasteiger partial charge in [-0.2, -0.15) is 4.98 Å². The molecule has 0 spiro atoms. The van der Waals surface area contributed by atoms with Gasteiger partial charge in [-0.15, -0.1) is 17.5 Å². The van der Waals surface area contributed by atoms with Crippen LogP contribution in [0.2, 0.25) is 0 Å². The standard InChI is InChI=1S/C17H19FN6O.ClH/c1-2-13-20-14(22-24(13)12-8-4-3-7-11(12)18)15-21-16(23-25-15)17(19)9-5-6-10-17;/h3-4,7-8H,2,5-6,9-10,19H2,1H3;1H. The quantitative estimate of drug-likeness (QED) is 0.749. The largest absolute Gasteiger partial charge is 0.330 e. The smallest absolute Gasteiger partial charge is 0.297 e. The highest BCUT2D eigenvalue weighted by molar-refractivity contribution is 5.85. The molecule has 0 bridgehead atoms. The minimum absolute atomic E-state index is 0. The molecule has 0 atom stereocenters. The number of hydrogen-bond donors (Lipinski definition) is 1. The molecule has 0 unspecified atom stereocenters. The normalized spacial score (nSPS) is 15.8. The van der Waals surface area contributed by atoms with Crippen molar-refractivity contribution in [2.75, 3.05) is 0 Å². The van der Waals surface area contributed by atoms with E-state index in [1.165, 1.54) is 10.7 Å². The maximum Gasteiger partial charge on any atom is 0.297 e. The molecule has 138 valence electrons. The molecule has 1 saturated carbocycles. The van der Waals surface area contributed by atoms with Gasteiger partial charge in [-0.05, 0) is 25.0 Å². The van der Waals surface area contributed by atoms with Crippen molar-refractivity contribution in [3.05, 3.63) is 41.7 Å². The molecular formula is C17H20ClFN6O. The van der Waals surface area contributed by atoms with Crippen LogP contribution in [-0.4, -0.2) is 24.9 Å². The number of benzene rings is 1. The SMILES string of the molecule is CCc1nc(-c2nc(C3(N)CCCC3)no2)nn1-c1ccccc1F.Cl. The van der Waals surface area contributed by atoms with Gasteiger partial charge >= 0.3 is 0 Å². The van der Waals surface area contributed by atoms with E-state index in [0.29, 0.717) is 23.8 Å². The van der Waals surface area contributed by atoms with E-state index in [4.69, 9.17) is 10.3 Å². The predicted molar refractivity (Wildman–Crippen MR) is 95.6 cm³/mol. The molecule has 2 aromatic heterocycles. The van der Waals surface area contributed by atoms with Crippen LogP contribution in [0.5, 0.6) is 0 Å². The van der Waals surface area contributed by atoms with Crippen molar-refractivity contribution in [2.45, 2.75) is 44.6 Å².